The number of halogens is 1. The number of anilines is 1. The number of rotatable bonds is 11. The second-order valence-electron chi connectivity index (χ2n) is 10.5. The number of piperidine rings is 2. The minimum absolute atomic E-state index is 0.0559. The number of fused-ring (bicyclic) bond motifs is 2. The van der Waals surface area contributed by atoms with Crippen molar-refractivity contribution in [3.8, 4) is 0 Å². The summed E-state index contributed by atoms with van der Waals surface area (Å²) in [7, 11) is 3.39. The number of ketones is 1. The largest absolute Gasteiger partial charge is 0.353 e. The molecule has 2 aromatic heterocycles. The molecule has 2 bridgehead atoms. The van der Waals surface area contributed by atoms with Crippen LogP contribution >= 0.6 is 27.3 Å². The van der Waals surface area contributed by atoms with E-state index < -0.39 is 35.1 Å². The van der Waals surface area contributed by atoms with Gasteiger partial charge in [0, 0.05) is 31.6 Å². The third-order valence-electron chi connectivity index (χ3n) is 7.50. The molecule has 5 atom stereocenters. The molecule has 2 aliphatic rings. The van der Waals surface area contributed by atoms with Crippen molar-refractivity contribution in [1.82, 2.24) is 30.4 Å². The first kappa shape index (κ1) is 34.2. The Morgan fingerprint density at radius 1 is 1.26 bits per heavy atom. The van der Waals surface area contributed by atoms with Gasteiger partial charge in [-0.05, 0) is 79.2 Å². The number of nitrogens with zero attached hydrogens (tertiary/aromatic N) is 3. The van der Waals surface area contributed by atoms with Crippen LogP contribution in [-0.4, -0.2) is 83.6 Å². The van der Waals surface area contributed by atoms with Crippen molar-refractivity contribution in [3.05, 3.63) is 43.7 Å². The monoisotopic (exact) mass is 679 g/mol. The Bertz CT molecular complexity index is 1360. The number of carbonyl (C=O) groups excluding carboxylic acids is 5. The van der Waals surface area contributed by atoms with Crippen molar-refractivity contribution in [2.75, 3.05) is 32.5 Å². The average Bonchev–Trinajstić information content (AvgIpc) is 3.43. The highest BCUT2D eigenvalue weighted by atomic mass is 79.9. The van der Waals surface area contributed by atoms with E-state index in [4.69, 9.17) is 0 Å². The number of pyridine rings is 1. The molecule has 43 heavy (non-hydrogen) atoms. The molecule has 0 spiro atoms. The first-order chi connectivity index (χ1) is 20.6. The lowest BCUT2D eigenvalue weighted by molar-refractivity contribution is -0.137. The van der Waals surface area contributed by atoms with E-state index in [0.29, 0.717) is 16.4 Å². The van der Waals surface area contributed by atoms with Crippen LogP contribution in [0, 0.1) is 11.8 Å². The van der Waals surface area contributed by atoms with E-state index in [-0.39, 0.29) is 30.8 Å². The third kappa shape index (κ3) is 9.61. The van der Waals surface area contributed by atoms with Gasteiger partial charge >= 0.3 is 0 Å². The number of aldehydes is 1. The minimum Gasteiger partial charge on any atom is -0.353 e. The molecule has 4 heterocycles. The van der Waals surface area contributed by atoms with Crippen molar-refractivity contribution < 1.29 is 24.0 Å². The molecule has 15 heteroatoms. The summed E-state index contributed by atoms with van der Waals surface area (Å²) in [6, 6.07) is 1.57. The fraction of sp³-hybridized carbons (Fsp3) is 0.536. The molecular weight excluding hydrogens is 642 g/mol. The Morgan fingerprint density at radius 2 is 2.02 bits per heavy atom. The highest BCUT2D eigenvalue weighted by Gasteiger charge is 2.34. The van der Waals surface area contributed by atoms with Crippen LogP contribution in [-0.2, 0) is 25.7 Å². The van der Waals surface area contributed by atoms with E-state index in [0.717, 1.165) is 16.4 Å². The molecule has 0 saturated carbocycles. The van der Waals surface area contributed by atoms with Gasteiger partial charge in [-0.25, -0.2) is 4.98 Å². The maximum atomic E-state index is 12.8. The quantitative estimate of drug-likeness (QED) is 0.202. The molecule has 0 aliphatic carbocycles. The van der Waals surface area contributed by atoms with Crippen LogP contribution in [0.25, 0.3) is 0 Å². The average molecular weight is 681 g/mol. The van der Waals surface area contributed by atoms with Crippen LogP contribution in [0.15, 0.2) is 32.4 Å². The summed E-state index contributed by atoms with van der Waals surface area (Å²) in [5.74, 6) is -1.19. The van der Waals surface area contributed by atoms with E-state index >= 15 is 0 Å². The topological polar surface area (TPSA) is 172 Å². The Morgan fingerprint density at radius 3 is 2.67 bits per heavy atom. The Hall–Kier alpha value is -3.27. The standard InChI is InChI=1S/C18H18BrN5O6S.C10H20N2/c1-20-16(29)13(26)5-4-10(21-15(28)12-9-31-18(19)23-12)14(27)22-11-3-2-6-24(7-8-25)17(11)30;1-8-6-9-4-3-5-12(7-9)10(8)11-2/h2-3,6,8-10H,4-5,7H2,1H3,(H,20,29)(H,21,28)(H,22,27);8-11H,3-7H2,1-2H3. The van der Waals surface area contributed by atoms with Crippen LogP contribution in [0.4, 0.5) is 5.69 Å². The van der Waals surface area contributed by atoms with Gasteiger partial charge in [0.05, 0.1) is 12.7 Å². The molecule has 0 aromatic carbocycles. The van der Waals surface area contributed by atoms with Gasteiger partial charge in [-0.15, -0.1) is 11.3 Å². The summed E-state index contributed by atoms with van der Waals surface area (Å²) < 4.78 is 1.56. The number of hydrogen-bond acceptors (Lipinski definition) is 10. The van der Waals surface area contributed by atoms with Crippen molar-refractivity contribution in [3.63, 3.8) is 0 Å². The third-order valence-corrected chi connectivity index (χ3v) is 8.87. The molecular formula is C28H38BrN7O6S. The van der Waals surface area contributed by atoms with Gasteiger partial charge in [-0.3, -0.25) is 28.9 Å². The second kappa shape index (κ2) is 16.5. The van der Waals surface area contributed by atoms with Crippen LogP contribution in [0.2, 0.25) is 0 Å². The SMILES string of the molecule is CNC(=O)C(=O)CCC(NC(=O)c1csc(Br)n1)C(=O)Nc1cccn(CC=O)c1=O.CNC1C(C)CC2CCCN1C2. The van der Waals surface area contributed by atoms with Gasteiger partial charge in [0.15, 0.2) is 3.92 Å². The fourth-order valence-corrected chi connectivity index (χ4v) is 6.48. The van der Waals surface area contributed by atoms with Crippen LogP contribution in [0.5, 0.6) is 0 Å². The maximum Gasteiger partial charge on any atom is 0.287 e. The Kier molecular flexibility index (Phi) is 13.2. The molecule has 5 unspecified atom stereocenters. The van der Waals surface area contributed by atoms with E-state index in [1.807, 2.05) is 0 Å². The van der Waals surface area contributed by atoms with Crippen molar-refractivity contribution in [2.45, 2.75) is 57.8 Å². The van der Waals surface area contributed by atoms with E-state index in [9.17, 15) is 28.8 Å². The van der Waals surface area contributed by atoms with Crippen LogP contribution in [0.1, 0.15) is 49.5 Å². The highest BCUT2D eigenvalue weighted by molar-refractivity contribution is 9.11. The van der Waals surface area contributed by atoms with Gasteiger partial charge < -0.3 is 30.6 Å². The molecule has 13 nitrogen and oxygen atoms in total. The predicted octanol–water partition coefficient (Wildman–Crippen LogP) is 1.38. The molecule has 2 saturated heterocycles. The van der Waals surface area contributed by atoms with Gasteiger partial charge in [-0.2, -0.15) is 0 Å². The fourth-order valence-electron chi connectivity index (χ4n) is 5.49. The first-order valence-electron chi connectivity index (χ1n) is 14.1. The molecule has 2 aliphatic heterocycles. The van der Waals surface area contributed by atoms with Crippen molar-refractivity contribution >= 4 is 62.7 Å². The summed E-state index contributed by atoms with van der Waals surface area (Å²) >= 11 is 4.31. The van der Waals surface area contributed by atoms with Crippen molar-refractivity contribution in [2.24, 2.45) is 11.8 Å². The number of aromatic nitrogens is 2. The summed E-state index contributed by atoms with van der Waals surface area (Å²) in [4.78, 5) is 78.1. The Balaban J connectivity index is 0.000000347. The van der Waals surface area contributed by atoms with Gasteiger partial charge in [0.1, 0.15) is 23.7 Å². The lowest BCUT2D eigenvalue weighted by atomic mass is 9.82. The summed E-state index contributed by atoms with van der Waals surface area (Å²) in [6.07, 6.45) is 6.38. The smallest absolute Gasteiger partial charge is 0.287 e. The zero-order valence-corrected chi connectivity index (χ0v) is 26.8. The zero-order valence-electron chi connectivity index (χ0n) is 24.4. The lowest BCUT2D eigenvalue weighted by Gasteiger charge is -2.46. The van der Waals surface area contributed by atoms with E-state index in [1.54, 1.807) is 0 Å². The Labute approximate surface area is 262 Å². The summed E-state index contributed by atoms with van der Waals surface area (Å²) in [5.41, 5.74) is -0.666. The van der Waals surface area contributed by atoms with Crippen molar-refractivity contribution in [1.29, 1.82) is 0 Å². The summed E-state index contributed by atoms with van der Waals surface area (Å²) in [5, 5.41) is 12.0. The number of likely N-dealkylation sites (N-methyl/N-ethyl adjacent to an activating group) is 1. The molecule has 4 rings (SSSR count). The molecule has 234 valence electrons. The number of nitrogens with one attached hydrogen (secondary N) is 4. The number of carbonyl (C=O) groups is 5. The molecule has 2 fully saturated rings. The normalized spacial score (nSPS) is 21.4. The second-order valence-corrected chi connectivity index (χ2v) is 12.7. The van der Waals surface area contributed by atoms with Gasteiger partial charge in [0.2, 0.25) is 11.7 Å². The highest BCUT2D eigenvalue weighted by Crippen LogP contribution is 2.32. The number of Topliss-reactive ketones (excluding diaryl/α,β-unsaturated/α-hetero) is 1. The molecule has 3 amide bonds. The lowest BCUT2D eigenvalue weighted by Crippen LogP contribution is -2.56. The van der Waals surface area contributed by atoms with Gasteiger partial charge in [-0.1, -0.05) is 6.92 Å². The minimum atomic E-state index is -1.24. The number of thiazole rings is 1. The van der Waals surface area contributed by atoms with E-state index in [2.05, 4.69) is 61.1 Å². The number of amides is 3. The number of hydrogen-bond donors (Lipinski definition) is 4. The predicted molar refractivity (Wildman–Crippen MR) is 166 cm³/mol. The first-order valence-corrected chi connectivity index (χ1v) is 15.8. The zero-order chi connectivity index (χ0) is 31.5. The van der Waals surface area contributed by atoms with E-state index in [1.165, 1.54) is 74.4 Å². The molecule has 2 aromatic rings. The molecule has 0 radical (unpaired) electrons. The molecule has 4 N–H and O–H groups in total. The van der Waals surface area contributed by atoms with Gasteiger partial charge in [0.25, 0.3) is 17.4 Å². The van der Waals surface area contributed by atoms with Crippen LogP contribution < -0.4 is 26.8 Å². The summed E-state index contributed by atoms with van der Waals surface area (Å²) in [6.45, 7) is 4.84. The van der Waals surface area contributed by atoms with Crippen LogP contribution in [0.3, 0.4) is 0 Å². The maximum absolute atomic E-state index is 12.8.